The molecule has 5 N–H and O–H groups in total. The molecule has 98 valence electrons. The van der Waals surface area contributed by atoms with Crippen LogP contribution in [0.4, 0.5) is 5.82 Å². The topological polar surface area (TPSA) is 136 Å². The molecule has 3 aromatic rings. The number of nitrogen functional groups attached to an aromatic ring is 1. The van der Waals surface area contributed by atoms with Gasteiger partial charge in [-0.1, -0.05) is 0 Å². The molecule has 1 amide bonds. The highest BCUT2D eigenvalue weighted by molar-refractivity contribution is 5.92. The van der Waals surface area contributed by atoms with E-state index in [1.54, 1.807) is 18.3 Å². The lowest BCUT2D eigenvalue weighted by atomic mass is 10.3. The molecule has 3 rings (SSSR count). The molecule has 3 aromatic heterocycles. The SMILES string of the molecule is NC(=O)c1cccnc1.Nc1ncnc2nc[nH]c12.[Mg]. The number of carbonyl (C=O) groups excluding carboxylic acids is 1. The zero-order chi connectivity index (χ0) is 13.7. The van der Waals surface area contributed by atoms with Crippen LogP contribution in [0.1, 0.15) is 10.4 Å². The number of fused-ring (bicyclic) bond motifs is 1. The number of aromatic amines is 1. The van der Waals surface area contributed by atoms with Gasteiger partial charge in [-0.05, 0) is 12.1 Å². The van der Waals surface area contributed by atoms with E-state index >= 15 is 0 Å². The molecule has 9 heteroatoms. The van der Waals surface area contributed by atoms with Crippen molar-refractivity contribution in [1.29, 1.82) is 0 Å². The Kier molecular flexibility index (Phi) is 5.81. The number of carbonyl (C=O) groups is 1. The van der Waals surface area contributed by atoms with Gasteiger partial charge in [0.05, 0.1) is 11.9 Å². The third kappa shape index (κ3) is 3.86. The van der Waals surface area contributed by atoms with Crippen LogP contribution >= 0.6 is 0 Å². The maximum Gasteiger partial charge on any atom is 0.250 e. The molecule has 0 aromatic carbocycles. The average Bonchev–Trinajstić information content (AvgIpc) is 2.90. The Morgan fingerprint density at radius 2 is 2.05 bits per heavy atom. The summed E-state index contributed by atoms with van der Waals surface area (Å²) in [5.41, 5.74) is 12.2. The van der Waals surface area contributed by atoms with Gasteiger partial charge in [0.2, 0.25) is 5.91 Å². The van der Waals surface area contributed by atoms with Gasteiger partial charge in [0.1, 0.15) is 11.8 Å². The van der Waals surface area contributed by atoms with Crippen LogP contribution in [0.3, 0.4) is 0 Å². The fraction of sp³-hybridized carbons (Fsp3) is 0. The highest BCUT2D eigenvalue weighted by Gasteiger charge is 1.99. The Bertz CT molecular complexity index is 685. The zero-order valence-electron chi connectivity index (χ0n) is 10.5. The van der Waals surface area contributed by atoms with E-state index in [4.69, 9.17) is 11.5 Å². The molecule has 0 aliphatic rings. The molecule has 0 unspecified atom stereocenters. The third-order valence-electron chi connectivity index (χ3n) is 2.20. The molecule has 0 saturated heterocycles. The van der Waals surface area contributed by atoms with Crippen molar-refractivity contribution in [2.45, 2.75) is 0 Å². The fourth-order valence-electron chi connectivity index (χ4n) is 1.29. The van der Waals surface area contributed by atoms with Crippen LogP contribution in [0.2, 0.25) is 0 Å². The summed E-state index contributed by atoms with van der Waals surface area (Å²) in [4.78, 5) is 28.5. The molecular weight excluding hydrogens is 270 g/mol. The summed E-state index contributed by atoms with van der Waals surface area (Å²) < 4.78 is 0. The monoisotopic (exact) mass is 281 g/mol. The van der Waals surface area contributed by atoms with Crippen molar-refractivity contribution in [3.63, 3.8) is 0 Å². The maximum absolute atomic E-state index is 10.4. The summed E-state index contributed by atoms with van der Waals surface area (Å²) in [6.45, 7) is 0. The number of aromatic nitrogens is 5. The Balaban J connectivity index is 0.000000192. The van der Waals surface area contributed by atoms with Crippen molar-refractivity contribution in [1.82, 2.24) is 24.9 Å². The average molecular weight is 282 g/mol. The van der Waals surface area contributed by atoms with E-state index in [9.17, 15) is 4.79 Å². The second-order valence-corrected chi connectivity index (χ2v) is 3.47. The van der Waals surface area contributed by atoms with Crippen LogP contribution in [0.5, 0.6) is 0 Å². The molecule has 3 heterocycles. The van der Waals surface area contributed by atoms with Crippen LogP contribution < -0.4 is 11.5 Å². The van der Waals surface area contributed by atoms with Gasteiger partial charge in [-0.25, -0.2) is 15.0 Å². The summed E-state index contributed by atoms with van der Waals surface area (Å²) >= 11 is 0. The van der Waals surface area contributed by atoms with Crippen LogP contribution in [0.15, 0.2) is 37.2 Å². The minimum Gasteiger partial charge on any atom is -0.382 e. The Morgan fingerprint density at radius 1 is 1.25 bits per heavy atom. The first-order valence-electron chi connectivity index (χ1n) is 5.28. The number of amides is 1. The van der Waals surface area contributed by atoms with E-state index in [1.807, 2.05) is 0 Å². The predicted octanol–water partition coefficient (Wildman–Crippen LogP) is -0.265. The number of hydrogen-bond acceptors (Lipinski definition) is 6. The van der Waals surface area contributed by atoms with E-state index in [1.165, 1.54) is 18.9 Å². The fourth-order valence-corrected chi connectivity index (χ4v) is 1.29. The first kappa shape index (κ1) is 15.8. The summed E-state index contributed by atoms with van der Waals surface area (Å²) in [5, 5.41) is 0. The maximum atomic E-state index is 10.4. The second-order valence-electron chi connectivity index (χ2n) is 3.47. The van der Waals surface area contributed by atoms with Crippen molar-refractivity contribution in [3.05, 3.63) is 42.7 Å². The molecule has 20 heavy (non-hydrogen) atoms. The van der Waals surface area contributed by atoms with Gasteiger partial charge >= 0.3 is 0 Å². The van der Waals surface area contributed by atoms with Crippen molar-refractivity contribution >= 4 is 45.9 Å². The minimum atomic E-state index is -0.442. The van der Waals surface area contributed by atoms with E-state index in [0.29, 0.717) is 22.5 Å². The van der Waals surface area contributed by atoms with Crippen molar-refractivity contribution < 1.29 is 4.79 Å². The van der Waals surface area contributed by atoms with E-state index < -0.39 is 5.91 Å². The van der Waals surface area contributed by atoms with E-state index in [2.05, 4.69) is 24.9 Å². The van der Waals surface area contributed by atoms with Crippen molar-refractivity contribution in [2.24, 2.45) is 5.73 Å². The number of anilines is 1. The molecule has 8 nitrogen and oxygen atoms in total. The number of nitrogens with zero attached hydrogens (tertiary/aromatic N) is 4. The summed E-state index contributed by atoms with van der Waals surface area (Å²) in [7, 11) is 0. The molecule has 0 saturated carbocycles. The van der Waals surface area contributed by atoms with Gasteiger partial charge < -0.3 is 16.5 Å². The largest absolute Gasteiger partial charge is 0.382 e. The summed E-state index contributed by atoms with van der Waals surface area (Å²) in [6.07, 6.45) is 5.95. The van der Waals surface area contributed by atoms with Gasteiger partial charge in [-0.15, -0.1) is 0 Å². The normalized spacial score (nSPS) is 9.20. The second kappa shape index (κ2) is 7.36. The van der Waals surface area contributed by atoms with Gasteiger partial charge in [0.25, 0.3) is 0 Å². The highest BCUT2D eigenvalue weighted by Crippen LogP contribution is 2.09. The standard InChI is InChI=1S/C6H6N2O.C5H5N5.Mg/c7-6(9)5-2-1-3-8-4-5;6-4-3-5(9-1-7-3)10-2-8-4;/h1-4H,(H2,7,9);1-2H,(H3,6,7,8,9,10);. The molecule has 0 spiro atoms. The molecule has 0 bridgehead atoms. The van der Waals surface area contributed by atoms with Crippen LogP contribution in [-0.4, -0.2) is 53.9 Å². The van der Waals surface area contributed by atoms with Crippen molar-refractivity contribution in [3.8, 4) is 0 Å². The number of rotatable bonds is 1. The molecule has 0 aliphatic heterocycles. The summed E-state index contributed by atoms with van der Waals surface area (Å²) in [6, 6.07) is 3.29. The lowest BCUT2D eigenvalue weighted by molar-refractivity contribution is 0.1000. The first-order chi connectivity index (χ1) is 9.18. The van der Waals surface area contributed by atoms with Gasteiger partial charge in [-0.2, -0.15) is 0 Å². The van der Waals surface area contributed by atoms with Gasteiger partial charge in [0, 0.05) is 35.4 Å². The van der Waals surface area contributed by atoms with E-state index in [0.717, 1.165) is 0 Å². The molecule has 0 aliphatic carbocycles. The highest BCUT2D eigenvalue weighted by atomic mass is 24.3. The van der Waals surface area contributed by atoms with Gasteiger partial charge in [-0.3, -0.25) is 9.78 Å². The number of primary amides is 1. The molecular formula is C11H11MgN7O. The quantitative estimate of drug-likeness (QED) is 0.525. The molecule has 0 fully saturated rings. The first-order valence-corrected chi connectivity index (χ1v) is 5.28. The van der Waals surface area contributed by atoms with Gasteiger partial charge in [0.15, 0.2) is 11.5 Å². The number of imidazole rings is 1. The predicted molar refractivity (Wildman–Crippen MR) is 74.6 cm³/mol. The summed E-state index contributed by atoms with van der Waals surface area (Å²) in [5.74, 6) is -0.00870. The number of hydrogen-bond donors (Lipinski definition) is 3. The number of nitrogens with two attached hydrogens (primary N) is 2. The number of H-pyrrole nitrogens is 1. The van der Waals surface area contributed by atoms with Crippen LogP contribution in [-0.2, 0) is 0 Å². The number of pyridine rings is 1. The molecule has 0 atom stereocenters. The minimum absolute atomic E-state index is 0. The van der Waals surface area contributed by atoms with Crippen LogP contribution in [0, 0.1) is 0 Å². The lowest BCUT2D eigenvalue weighted by Crippen LogP contribution is -2.10. The van der Waals surface area contributed by atoms with Crippen molar-refractivity contribution in [2.75, 3.05) is 5.73 Å². The Hall–Kier alpha value is -2.26. The third-order valence-corrected chi connectivity index (χ3v) is 2.20. The van der Waals surface area contributed by atoms with Crippen LogP contribution in [0.25, 0.3) is 11.2 Å². The Labute approximate surface area is 130 Å². The molecule has 2 radical (unpaired) electrons. The zero-order valence-corrected chi connectivity index (χ0v) is 11.9. The number of nitrogens with one attached hydrogen (secondary N) is 1. The lowest BCUT2D eigenvalue weighted by Gasteiger charge is -1.89. The Morgan fingerprint density at radius 3 is 2.60 bits per heavy atom. The van der Waals surface area contributed by atoms with E-state index in [-0.39, 0.29) is 23.1 Å². The smallest absolute Gasteiger partial charge is 0.250 e.